The first-order chi connectivity index (χ1) is 8.17. The van der Waals surface area contributed by atoms with Gasteiger partial charge >= 0.3 is 0 Å². The van der Waals surface area contributed by atoms with Crippen molar-refractivity contribution < 1.29 is 10.2 Å². The second-order valence-electron chi connectivity index (χ2n) is 4.51. The molecule has 0 aliphatic rings. The summed E-state index contributed by atoms with van der Waals surface area (Å²) in [6.45, 7) is 5.25. The number of hydrogen-bond donors (Lipinski definition) is 3. The molecule has 96 valence electrons. The van der Waals surface area contributed by atoms with Crippen LogP contribution in [-0.2, 0) is 6.42 Å². The van der Waals surface area contributed by atoms with E-state index in [1.165, 1.54) is 16.7 Å². The Labute approximate surface area is 103 Å². The molecular weight excluding hydrogens is 214 g/mol. The van der Waals surface area contributed by atoms with Crippen molar-refractivity contribution in [1.82, 2.24) is 5.32 Å². The van der Waals surface area contributed by atoms with Crippen molar-refractivity contribution in [3.63, 3.8) is 0 Å². The first kappa shape index (κ1) is 14.2. The zero-order valence-corrected chi connectivity index (χ0v) is 10.7. The van der Waals surface area contributed by atoms with Gasteiger partial charge in [-0.05, 0) is 49.9 Å². The second kappa shape index (κ2) is 7.43. The van der Waals surface area contributed by atoms with Crippen LogP contribution in [0.4, 0.5) is 0 Å². The minimum absolute atomic E-state index is 0.00606. The Morgan fingerprint density at radius 1 is 1.18 bits per heavy atom. The van der Waals surface area contributed by atoms with Gasteiger partial charge in [-0.25, -0.2) is 0 Å². The van der Waals surface area contributed by atoms with Gasteiger partial charge in [0.05, 0.1) is 6.61 Å². The van der Waals surface area contributed by atoms with E-state index in [0.717, 1.165) is 13.0 Å². The molecule has 0 radical (unpaired) electrons. The maximum absolute atomic E-state index is 9.06. The van der Waals surface area contributed by atoms with Crippen molar-refractivity contribution in [2.75, 3.05) is 19.8 Å². The van der Waals surface area contributed by atoms with Gasteiger partial charge in [-0.15, -0.1) is 0 Å². The average Bonchev–Trinajstić information content (AvgIpc) is 2.32. The number of benzene rings is 1. The highest BCUT2D eigenvalue weighted by Crippen LogP contribution is 2.10. The SMILES string of the molecule is Cc1ccc(CCNC(CO)CCO)cc1C. The van der Waals surface area contributed by atoms with E-state index >= 15 is 0 Å². The molecule has 0 aromatic heterocycles. The van der Waals surface area contributed by atoms with Crippen LogP contribution in [0.25, 0.3) is 0 Å². The molecule has 3 nitrogen and oxygen atoms in total. The molecule has 0 saturated carbocycles. The van der Waals surface area contributed by atoms with Gasteiger partial charge in [0, 0.05) is 12.6 Å². The lowest BCUT2D eigenvalue weighted by molar-refractivity contribution is 0.201. The smallest absolute Gasteiger partial charge is 0.0585 e. The third-order valence-corrected chi connectivity index (χ3v) is 3.12. The van der Waals surface area contributed by atoms with Crippen LogP contribution >= 0.6 is 0 Å². The predicted octanol–water partition coefficient (Wildman–Crippen LogP) is 1.18. The molecule has 3 heteroatoms. The number of aliphatic hydroxyl groups is 2. The van der Waals surface area contributed by atoms with E-state index in [9.17, 15) is 0 Å². The van der Waals surface area contributed by atoms with Gasteiger partial charge in [0.15, 0.2) is 0 Å². The highest BCUT2D eigenvalue weighted by Gasteiger charge is 2.05. The van der Waals surface area contributed by atoms with Gasteiger partial charge in [0.1, 0.15) is 0 Å². The molecule has 0 fully saturated rings. The van der Waals surface area contributed by atoms with Crippen LogP contribution in [-0.4, -0.2) is 36.0 Å². The molecule has 1 unspecified atom stereocenters. The largest absolute Gasteiger partial charge is 0.396 e. The van der Waals surface area contributed by atoms with Crippen LogP contribution in [0.5, 0.6) is 0 Å². The quantitative estimate of drug-likeness (QED) is 0.667. The van der Waals surface area contributed by atoms with Crippen molar-refractivity contribution >= 4 is 0 Å². The number of aliphatic hydroxyl groups excluding tert-OH is 2. The number of hydrogen-bond acceptors (Lipinski definition) is 3. The van der Waals surface area contributed by atoms with Crippen LogP contribution in [0.15, 0.2) is 18.2 Å². The summed E-state index contributed by atoms with van der Waals surface area (Å²) in [5.74, 6) is 0. The molecule has 0 bridgehead atoms. The molecule has 0 amide bonds. The predicted molar refractivity (Wildman–Crippen MR) is 70.2 cm³/mol. The lowest BCUT2D eigenvalue weighted by Crippen LogP contribution is -2.34. The molecule has 1 aromatic carbocycles. The van der Waals surface area contributed by atoms with E-state index < -0.39 is 0 Å². The van der Waals surface area contributed by atoms with E-state index in [4.69, 9.17) is 10.2 Å². The topological polar surface area (TPSA) is 52.5 Å². The van der Waals surface area contributed by atoms with Crippen molar-refractivity contribution in [1.29, 1.82) is 0 Å². The van der Waals surface area contributed by atoms with E-state index in [-0.39, 0.29) is 19.3 Å². The summed E-state index contributed by atoms with van der Waals surface area (Å²) >= 11 is 0. The zero-order valence-electron chi connectivity index (χ0n) is 10.7. The normalized spacial score (nSPS) is 12.7. The summed E-state index contributed by atoms with van der Waals surface area (Å²) < 4.78 is 0. The van der Waals surface area contributed by atoms with Crippen molar-refractivity contribution in [3.8, 4) is 0 Å². The summed E-state index contributed by atoms with van der Waals surface area (Å²) in [4.78, 5) is 0. The molecular formula is C14H23NO2. The molecule has 0 heterocycles. The van der Waals surface area contributed by atoms with Gasteiger partial charge in [0.2, 0.25) is 0 Å². The Kier molecular flexibility index (Phi) is 6.19. The first-order valence-electron chi connectivity index (χ1n) is 6.18. The van der Waals surface area contributed by atoms with E-state index in [1.54, 1.807) is 0 Å². The van der Waals surface area contributed by atoms with Crippen LogP contribution in [0.3, 0.4) is 0 Å². The fourth-order valence-electron chi connectivity index (χ4n) is 1.79. The Bertz CT molecular complexity index is 339. The molecule has 3 N–H and O–H groups in total. The third-order valence-electron chi connectivity index (χ3n) is 3.12. The minimum Gasteiger partial charge on any atom is -0.396 e. The van der Waals surface area contributed by atoms with Gasteiger partial charge in [0.25, 0.3) is 0 Å². The van der Waals surface area contributed by atoms with Crippen molar-refractivity contribution in [2.45, 2.75) is 32.7 Å². The van der Waals surface area contributed by atoms with E-state index in [2.05, 4.69) is 37.4 Å². The number of aryl methyl sites for hydroxylation is 2. The second-order valence-corrected chi connectivity index (χ2v) is 4.51. The lowest BCUT2D eigenvalue weighted by atomic mass is 10.0. The van der Waals surface area contributed by atoms with Gasteiger partial charge in [-0.1, -0.05) is 18.2 Å². The molecule has 0 saturated heterocycles. The van der Waals surface area contributed by atoms with Crippen LogP contribution in [0.1, 0.15) is 23.1 Å². The standard InChI is InChI=1S/C14H23NO2/c1-11-3-4-13(9-12(11)2)5-7-15-14(10-17)6-8-16/h3-4,9,14-17H,5-8,10H2,1-2H3. The molecule has 0 aliphatic carbocycles. The fourth-order valence-corrected chi connectivity index (χ4v) is 1.79. The van der Waals surface area contributed by atoms with Gasteiger partial charge in [-0.3, -0.25) is 0 Å². The molecule has 0 aliphatic heterocycles. The minimum atomic E-state index is 0.00606. The van der Waals surface area contributed by atoms with Gasteiger partial charge in [-0.2, -0.15) is 0 Å². The van der Waals surface area contributed by atoms with Crippen LogP contribution in [0.2, 0.25) is 0 Å². The molecule has 17 heavy (non-hydrogen) atoms. The summed E-state index contributed by atoms with van der Waals surface area (Å²) in [6, 6.07) is 6.50. The van der Waals surface area contributed by atoms with Crippen molar-refractivity contribution in [3.05, 3.63) is 34.9 Å². The highest BCUT2D eigenvalue weighted by molar-refractivity contribution is 5.30. The number of nitrogens with one attached hydrogen (secondary N) is 1. The van der Waals surface area contributed by atoms with E-state index in [0.29, 0.717) is 6.42 Å². The van der Waals surface area contributed by atoms with Crippen LogP contribution in [0, 0.1) is 13.8 Å². The summed E-state index contributed by atoms with van der Waals surface area (Å²) in [5, 5.41) is 21.1. The molecule has 1 aromatic rings. The zero-order chi connectivity index (χ0) is 12.7. The summed E-state index contributed by atoms with van der Waals surface area (Å²) in [5.41, 5.74) is 3.94. The number of rotatable bonds is 7. The molecule has 0 spiro atoms. The third kappa shape index (κ3) is 4.86. The monoisotopic (exact) mass is 237 g/mol. The fraction of sp³-hybridized carbons (Fsp3) is 0.571. The maximum atomic E-state index is 9.06. The first-order valence-corrected chi connectivity index (χ1v) is 6.18. The Morgan fingerprint density at radius 3 is 2.53 bits per heavy atom. The highest BCUT2D eigenvalue weighted by atomic mass is 16.3. The van der Waals surface area contributed by atoms with Crippen molar-refractivity contribution in [2.24, 2.45) is 0 Å². The molecule has 1 atom stereocenters. The van der Waals surface area contributed by atoms with Gasteiger partial charge < -0.3 is 15.5 Å². The average molecular weight is 237 g/mol. The Hall–Kier alpha value is -0.900. The molecule has 1 rings (SSSR count). The summed E-state index contributed by atoms with van der Waals surface area (Å²) in [7, 11) is 0. The Balaban J connectivity index is 2.37. The lowest BCUT2D eigenvalue weighted by Gasteiger charge is -2.15. The Morgan fingerprint density at radius 2 is 1.94 bits per heavy atom. The maximum Gasteiger partial charge on any atom is 0.0585 e. The van der Waals surface area contributed by atoms with Crippen LogP contribution < -0.4 is 5.32 Å². The van der Waals surface area contributed by atoms with E-state index in [1.807, 2.05) is 0 Å². The summed E-state index contributed by atoms with van der Waals surface area (Å²) in [6.07, 6.45) is 1.55.